The summed E-state index contributed by atoms with van der Waals surface area (Å²) in [5.41, 5.74) is -0.190. The number of sulfonamides is 1. The van der Waals surface area contributed by atoms with E-state index in [-0.39, 0.29) is 24.5 Å². The SMILES string of the molecule is O=S(=O)(c1ccccc1)N1C[C@@H](O)[C@](O)(CN2CCC(c3ccncc3)CC2)C1. The Morgan fingerprint density at radius 1 is 1.07 bits per heavy atom. The number of pyridine rings is 1. The molecule has 4 rings (SSSR count). The van der Waals surface area contributed by atoms with Crippen molar-refractivity contribution in [3.63, 3.8) is 0 Å². The monoisotopic (exact) mass is 417 g/mol. The third-order valence-electron chi connectivity index (χ3n) is 6.09. The van der Waals surface area contributed by atoms with Crippen molar-refractivity contribution in [2.75, 3.05) is 32.7 Å². The quantitative estimate of drug-likeness (QED) is 0.756. The molecule has 1 aromatic carbocycles. The van der Waals surface area contributed by atoms with Crippen LogP contribution in [-0.4, -0.2) is 77.2 Å². The Morgan fingerprint density at radius 3 is 2.38 bits per heavy atom. The van der Waals surface area contributed by atoms with Gasteiger partial charge < -0.3 is 15.1 Å². The standard InChI is InChI=1S/C21H27N3O4S/c25-20-14-24(29(27,28)19-4-2-1-3-5-19)16-21(20,26)15-23-12-8-18(9-13-23)17-6-10-22-11-7-17/h1-7,10-11,18,20,25-26H,8-9,12-16H2/t20-,21+/m1/s1. The number of nitrogens with zero attached hydrogens (tertiary/aromatic N) is 3. The first-order valence-electron chi connectivity index (χ1n) is 9.96. The predicted octanol–water partition coefficient (Wildman–Crippen LogP) is 1.06. The van der Waals surface area contributed by atoms with Crippen molar-refractivity contribution in [2.24, 2.45) is 0 Å². The largest absolute Gasteiger partial charge is 0.389 e. The van der Waals surface area contributed by atoms with Gasteiger partial charge in [-0.05, 0) is 61.7 Å². The Hall–Kier alpha value is -1.84. The average molecular weight is 418 g/mol. The summed E-state index contributed by atoms with van der Waals surface area (Å²) in [6, 6.07) is 12.2. The molecule has 2 aromatic rings. The molecule has 0 saturated carbocycles. The number of piperidine rings is 1. The van der Waals surface area contributed by atoms with Crippen LogP contribution >= 0.6 is 0 Å². The van der Waals surface area contributed by atoms with E-state index in [1.165, 1.54) is 22.0 Å². The summed E-state index contributed by atoms with van der Waals surface area (Å²) in [4.78, 5) is 6.36. The van der Waals surface area contributed by atoms with E-state index in [0.717, 1.165) is 25.9 Å². The average Bonchev–Trinajstić information content (AvgIpc) is 3.05. The minimum Gasteiger partial charge on any atom is -0.389 e. The minimum atomic E-state index is -3.74. The molecular weight excluding hydrogens is 390 g/mol. The zero-order valence-corrected chi connectivity index (χ0v) is 17.1. The molecule has 0 aliphatic carbocycles. The highest BCUT2D eigenvalue weighted by atomic mass is 32.2. The Morgan fingerprint density at radius 2 is 1.72 bits per heavy atom. The first-order valence-corrected chi connectivity index (χ1v) is 11.4. The van der Waals surface area contributed by atoms with Crippen LogP contribution in [0.4, 0.5) is 0 Å². The molecule has 2 N–H and O–H groups in total. The van der Waals surface area contributed by atoms with Gasteiger partial charge in [0, 0.05) is 32.0 Å². The number of likely N-dealkylation sites (tertiary alicyclic amines) is 1. The van der Waals surface area contributed by atoms with E-state index < -0.39 is 21.7 Å². The number of benzene rings is 1. The summed E-state index contributed by atoms with van der Waals surface area (Å²) in [7, 11) is -3.74. The number of aromatic nitrogens is 1. The van der Waals surface area contributed by atoms with Crippen LogP contribution in [0.5, 0.6) is 0 Å². The van der Waals surface area contributed by atoms with Crippen LogP contribution in [-0.2, 0) is 10.0 Å². The summed E-state index contributed by atoms with van der Waals surface area (Å²) in [5.74, 6) is 0.465. The summed E-state index contributed by atoms with van der Waals surface area (Å²) < 4.78 is 26.9. The minimum absolute atomic E-state index is 0.0960. The third-order valence-corrected chi connectivity index (χ3v) is 7.92. The van der Waals surface area contributed by atoms with Crippen molar-refractivity contribution in [3.8, 4) is 0 Å². The molecule has 29 heavy (non-hydrogen) atoms. The molecule has 0 bridgehead atoms. The molecule has 1 aromatic heterocycles. The van der Waals surface area contributed by atoms with Crippen LogP contribution in [0.25, 0.3) is 0 Å². The Labute approximate surface area is 171 Å². The van der Waals surface area contributed by atoms with Crippen molar-refractivity contribution in [1.29, 1.82) is 0 Å². The Bertz CT molecular complexity index is 917. The number of hydrogen-bond acceptors (Lipinski definition) is 6. The van der Waals surface area contributed by atoms with E-state index in [4.69, 9.17) is 0 Å². The van der Waals surface area contributed by atoms with Gasteiger partial charge in [-0.1, -0.05) is 18.2 Å². The van der Waals surface area contributed by atoms with Gasteiger partial charge in [0.15, 0.2) is 0 Å². The lowest BCUT2D eigenvalue weighted by Crippen LogP contribution is -2.53. The smallest absolute Gasteiger partial charge is 0.243 e. The van der Waals surface area contributed by atoms with E-state index >= 15 is 0 Å². The van der Waals surface area contributed by atoms with Gasteiger partial charge in [-0.15, -0.1) is 0 Å². The Kier molecular flexibility index (Phi) is 5.72. The summed E-state index contributed by atoms with van der Waals surface area (Å²) in [5, 5.41) is 21.6. The highest BCUT2D eigenvalue weighted by Gasteiger charge is 2.49. The molecule has 2 atom stereocenters. The van der Waals surface area contributed by atoms with Crippen molar-refractivity contribution in [1.82, 2.24) is 14.2 Å². The van der Waals surface area contributed by atoms with Crippen LogP contribution in [0.15, 0.2) is 59.8 Å². The van der Waals surface area contributed by atoms with Gasteiger partial charge in [0.05, 0.1) is 11.0 Å². The Balaban J connectivity index is 1.39. The van der Waals surface area contributed by atoms with Crippen LogP contribution in [0.3, 0.4) is 0 Å². The first-order chi connectivity index (χ1) is 13.9. The molecule has 0 spiro atoms. The van der Waals surface area contributed by atoms with E-state index in [1.54, 1.807) is 30.6 Å². The molecule has 2 aliphatic heterocycles. The molecule has 2 fully saturated rings. The van der Waals surface area contributed by atoms with Gasteiger partial charge in [-0.25, -0.2) is 8.42 Å². The van der Waals surface area contributed by atoms with Crippen LogP contribution in [0.2, 0.25) is 0 Å². The fourth-order valence-corrected chi connectivity index (χ4v) is 5.90. The summed E-state index contributed by atoms with van der Waals surface area (Å²) >= 11 is 0. The molecule has 2 aliphatic rings. The third kappa shape index (κ3) is 4.22. The van der Waals surface area contributed by atoms with Crippen molar-refractivity contribution >= 4 is 10.0 Å². The lowest BCUT2D eigenvalue weighted by atomic mass is 9.89. The highest BCUT2D eigenvalue weighted by molar-refractivity contribution is 7.89. The van der Waals surface area contributed by atoms with E-state index in [0.29, 0.717) is 5.92 Å². The normalized spacial score (nSPS) is 27.3. The summed E-state index contributed by atoms with van der Waals surface area (Å²) in [6.07, 6.45) is 4.42. The molecule has 2 saturated heterocycles. The predicted molar refractivity (Wildman–Crippen MR) is 109 cm³/mol. The molecular formula is C21H27N3O4S. The van der Waals surface area contributed by atoms with E-state index in [9.17, 15) is 18.6 Å². The summed E-state index contributed by atoms with van der Waals surface area (Å²) in [6.45, 7) is 1.66. The molecule has 0 amide bonds. The van der Waals surface area contributed by atoms with Gasteiger partial charge in [0.2, 0.25) is 10.0 Å². The van der Waals surface area contributed by atoms with Gasteiger partial charge >= 0.3 is 0 Å². The number of hydrogen-bond donors (Lipinski definition) is 2. The second-order valence-corrected chi connectivity index (χ2v) is 10.00. The molecule has 8 heteroatoms. The van der Waals surface area contributed by atoms with Crippen molar-refractivity contribution in [2.45, 2.75) is 35.4 Å². The molecule has 3 heterocycles. The van der Waals surface area contributed by atoms with Gasteiger partial charge in [-0.3, -0.25) is 4.98 Å². The molecule has 0 radical (unpaired) electrons. The lowest BCUT2D eigenvalue weighted by molar-refractivity contribution is -0.0639. The van der Waals surface area contributed by atoms with Gasteiger partial charge in [0.25, 0.3) is 0 Å². The maximum Gasteiger partial charge on any atom is 0.243 e. The number of β-amino-alcohol motifs (C(OH)–C–C–N with tert-alkyl or cyclic N) is 2. The maximum absolute atomic E-state index is 12.8. The fraction of sp³-hybridized carbons (Fsp3) is 0.476. The molecule has 0 unspecified atom stereocenters. The fourth-order valence-electron chi connectivity index (χ4n) is 4.37. The van der Waals surface area contributed by atoms with Gasteiger partial charge in [0.1, 0.15) is 5.60 Å². The second kappa shape index (κ2) is 8.12. The lowest BCUT2D eigenvalue weighted by Gasteiger charge is -2.37. The molecule has 156 valence electrons. The number of rotatable bonds is 5. The van der Waals surface area contributed by atoms with E-state index in [2.05, 4.69) is 9.88 Å². The first kappa shape index (κ1) is 20.4. The zero-order chi connectivity index (χ0) is 20.5. The number of aliphatic hydroxyl groups is 2. The zero-order valence-electron chi connectivity index (χ0n) is 16.3. The van der Waals surface area contributed by atoms with E-state index in [1.807, 2.05) is 12.1 Å². The highest BCUT2D eigenvalue weighted by Crippen LogP contribution is 2.32. The van der Waals surface area contributed by atoms with Crippen LogP contribution < -0.4 is 0 Å². The van der Waals surface area contributed by atoms with Crippen molar-refractivity contribution in [3.05, 3.63) is 60.4 Å². The van der Waals surface area contributed by atoms with Crippen molar-refractivity contribution < 1.29 is 18.6 Å². The van der Waals surface area contributed by atoms with Crippen LogP contribution in [0.1, 0.15) is 24.3 Å². The van der Waals surface area contributed by atoms with Crippen LogP contribution in [0, 0.1) is 0 Å². The molecule has 7 nitrogen and oxygen atoms in total. The van der Waals surface area contributed by atoms with Gasteiger partial charge in [-0.2, -0.15) is 4.31 Å². The topological polar surface area (TPSA) is 94.0 Å². The maximum atomic E-state index is 12.8. The number of aliphatic hydroxyl groups excluding tert-OH is 1. The second-order valence-electron chi connectivity index (χ2n) is 8.06.